The van der Waals surface area contributed by atoms with Gasteiger partial charge in [0.2, 0.25) is 0 Å². The Labute approximate surface area is 117 Å². The molecule has 0 aromatic carbocycles. The van der Waals surface area contributed by atoms with Crippen molar-refractivity contribution < 1.29 is 14.7 Å². The van der Waals surface area contributed by atoms with Crippen molar-refractivity contribution >= 4 is 39.6 Å². The van der Waals surface area contributed by atoms with Crippen molar-refractivity contribution in [2.24, 2.45) is 0 Å². The molecule has 0 saturated carbocycles. The van der Waals surface area contributed by atoms with E-state index in [0.29, 0.717) is 15.9 Å². The number of carboxylic acid groups (broad SMARTS) is 1. The summed E-state index contributed by atoms with van der Waals surface area (Å²) in [5.41, 5.74) is 0.402. The molecule has 7 heteroatoms. The van der Waals surface area contributed by atoms with E-state index in [1.165, 1.54) is 22.9 Å². The second-order valence-corrected chi connectivity index (χ2v) is 6.03. The molecule has 2 heterocycles. The molecule has 1 aromatic rings. The number of hydrogen-bond donors (Lipinski definition) is 1. The molecule has 1 aliphatic rings. The topological polar surface area (TPSA) is 70.5 Å². The fourth-order valence-corrected chi connectivity index (χ4v) is 3.19. The number of amides is 1. The van der Waals surface area contributed by atoms with Crippen LogP contribution in [0.5, 0.6) is 0 Å². The van der Waals surface area contributed by atoms with Crippen LogP contribution in [0.15, 0.2) is 22.9 Å². The second kappa shape index (κ2) is 5.27. The minimum atomic E-state index is -0.967. The van der Waals surface area contributed by atoms with Gasteiger partial charge in [0.15, 0.2) is 0 Å². The van der Waals surface area contributed by atoms with Crippen LogP contribution in [0, 0.1) is 0 Å². The molecule has 2 rings (SSSR count). The van der Waals surface area contributed by atoms with E-state index in [-0.39, 0.29) is 11.3 Å². The lowest BCUT2D eigenvalue weighted by atomic mass is 10.2. The van der Waals surface area contributed by atoms with Crippen LogP contribution in [0.25, 0.3) is 0 Å². The number of carbonyl (C=O) groups excluding carboxylic acids is 1. The van der Waals surface area contributed by atoms with E-state index >= 15 is 0 Å². The molecule has 0 bridgehead atoms. The van der Waals surface area contributed by atoms with Gasteiger partial charge in [-0.25, -0.2) is 9.78 Å². The number of nitrogens with zero attached hydrogens (tertiary/aromatic N) is 2. The Morgan fingerprint density at radius 2 is 2.28 bits per heavy atom. The summed E-state index contributed by atoms with van der Waals surface area (Å²) in [4.78, 5) is 28.8. The zero-order valence-corrected chi connectivity index (χ0v) is 11.9. The summed E-state index contributed by atoms with van der Waals surface area (Å²) in [6, 6.07) is 2.53. The lowest BCUT2D eigenvalue weighted by Gasteiger charge is -2.24. The molecule has 1 saturated heterocycles. The van der Waals surface area contributed by atoms with E-state index in [9.17, 15) is 9.59 Å². The predicted molar refractivity (Wildman–Crippen MR) is 71.5 cm³/mol. The number of carbonyl (C=O) groups is 2. The SMILES string of the molecule is CC1SCC(C(=O)O)N1C(=O)c1ccc(Br)nc1. The van der Waals surface area contributed by atoms with E-state index in [0.717, 1.165) is 0 Å². The minimum absolute atomic E-state index is 0.137. The van der Waals surface area contributed by atoms with Gasteiger partial charge in [-0.1, -0.05) is 0 Å². The van der Waals surface area contributed by atoms with Gasteiger partial charge in [0.25, 0.3) is 5.91 Å². The first-order chi connectivity index (χ1) is 8.50. The van der Waals surface area contributed by atoms with Gasteiger partial charge in [-0.15, -0.1) is 11.8 Å². The fourth-order valence-electron chi connectivity index (χ4n) is 1.79. The smallest absolute Gasteiger partial charge is 0.327 e. The lowest BCUT2D eigenvalue weighted by molar-refractivity contribution is -0.141. The number of hydrogen-bond acceptors (Lipinski definition) is 4. The second-order valence-electron chi connectivity index (χ2n) is 3.87. The third-order valence-electron chi connectivity index (χ3n) is 2.72. The van der Waals surface area contributed by atoms with Gasteiger partial charge in [0, 0.05) is 11.9 Å². The highest BCUT2D eigenvalue weighted by Gasteiger charge is 2.39. The van der Waals surface area contributed by atoms with E-state index in [1.807, 2.05) is 6.92 Å². The number of rotatable bonds is 2. The number of halogens is 1. The summed E-state index contributed by atoms with van der Waals surface area (Å²) in [7, 11) is 0. The van der Waals surface area contributed by atoms with Crippen LogP contribution in [0.2, 0.25) is 0 Å². The van der Waals surface area contributed by atoms with Crippen molar-refractivity contribution in [1.29, 1.82) is 0 Å². The van der Waals surface area contributed by atoms with Crippen molar-refractivity contribution in [1.82, 2.24) is 9.88 Å². The molecule has 96 valence electrons. The normalized spacial score (nSPS) is 23.1. The van der Waals surface area contributed by atoms with Gasteiger partial charge in [-0.05, 0) is 35.0 Å². The van der Waals surface area contributed by atoms with Gasteiger partial charge in [0.05, 0.1) is 10.9 Å². The highest BCUT2D eigenvalue weighted by atomic mass is 79.9. The van der Waals surface area contributed by atoms with Gasteiger partial charge in [-0.3, -0.25) is 4.79 Å². The van der Waals surface area contributed by atoms with Crippen LogP contribution in [-0.2, 0) is 4.79 Å². The first-order valence-electron chi connectivity index (χ1n) is 5.29. The molecule has 1 aromatic heterocycles. The molecule has 1 N–H and O–H groups in total. The maximum Gasteiger partial charge on any atom is 0.327 e. The molecular formula is C11H11BrN2O3S. The third-order valence-corrected chi connectivity index (χ3v) is 4.40. The molecule has 5 nitrogen and oxygen atoms in total. The standard InChI is InChI=1S/C11H11BrN2O3S/c1-6-14(8(5-18-6)11(16)17)10(15)7-2-3-9(12)13-4-7/h2-4,6,8H,5H2,1H3,(H,16,17). The zero-order valence-electron chi connectivity index (χ0n) is 9.54. The van der Waals surface area contributed by atoms with Crippen molar-refractivity contribution in [2.45, 2.75) is 18.3 Å². The lowest BCUT2D eigenvalue weighted by Crippen LogP contribution is -2.44. The van der Waals surface area contributed by atoms with Crippen LogP contribution in [0.4, 0.5) is 0 Å². The summed E-state index contributed by atoms with van der Waals surface area (Å²) in [6.07, 6.45) is 1.45. The van der Waals surface area contributed by atoms with Crippen LogP contribution in [0.1, 0.15) is 17.3 Å². The average molecular weight is 331 g/mol. The van der Waals surface area contributed by atoms with Gasteiger partial charge >= 0.3 is 5.97 Å². The van der Waals surface area contributed by atoms with E-state index in [2.05, 4.69) is 20.9 Å². The summed E-state index contributed by atoms with van der Waals surface area (Å²) in [5, 5.41) is 8.97. The summed E-state index contributed by atoms with van der Waals surface area (Å²) in [6.45, 7) is 1.83. The first-order valence-corrected chi connectivity index (χ1v) is 7.13. The molecule has 1 amide bonds. The predicted octanol–water partition coefficient (Wildman–Crippen LogP) is 1.83. The quantitative estimate of drug-likeness (QED) is 0.838. The molecule has 0 aliphatic carbocycles. The summed E-state index contributed by atoms with van der Waals surface area (Å²) < 4.78 is 0.637. The Kier molecular flexibility index (Phi) is 3.91. The maximum atomic E-state index is 12.3. The largest absolute Gasteiger partial charge is 0.480 e. The number of carboxylic acids is 1. The zero-order chi connectivity index (χ0) is 13.3. The molecule has 1 aliphatic heterocycles. The third kappa shape index (κ3) is 2.51. The highest BCUT2D eigenvalue weighted by Crippen LogP contribution is 2.30. The van der Waals surface area contributed by atoms with Crippen LogP contribution >= 0.6 is 27.7 Å². The molecule has 0 spiro atoms. The minimum Gasteiger partial charge on any atom is -0.480 e. The number of aliphatic carboxylic acids is 1. The van der Waals surface area contributed by atoms with Gasteiger partial charge in [0.1, 0.15) is 10.6 Å². The van der Waals surface area contributed by atoms with Crippen molar-refractivity contribution in [3.8, 4) is 0 Å². The van der Waals surface area contributed by atoms with Crippen molar-refractivity contribution in [3.63, 3.8) is 0 Å². The van der Waals surface area contributed by atoms with Gasteiger partial charge < -0.3 is 10.0 Å². The van der Waals surface area contributed by atoms with Crippen LogP contribution in [-0.4, -0.2) is 44.0 Å². The molecule has 1 fully saturated rings. The highest BCUT2D eigenvalue weighted by molar-refractivity contribution is 9.10. The maximum absolute atomic E-state index is 12.3. The fraction of sp³-hybridized carbons (Fsp3) is 0.364. The molecule has 0 radical (unpaired) electrons. The molecule has 2 unspecified atom stereocenters. The van der Waals surface area contributed by atoms with E-state index < -0.39 is 12.0 Å². The van der Waals surface area contributed by atoms with Crippen LogP contribution in [0.3, 0.4) is 0 Å². The summed E-state index contributed by atoms with van der Waals surface area (Å²) >= 11 is 4.65. The Balaban J connectivity index is 2.26. The van der Waals surface area contributed by atoms with E-state index in [4.69, 9.17) is 5.11 Å². The van der Waals surface area contributed by atoms with Gasteiger partial charge in [-0.2, -0.15) is 0 Å². The molecule has 2 atom stereocenters. The Morgan fingerprint density at radius 3 is 2.83 bits per heavy atom. The Bertz CT molecular complexity index is 480. The molecule has 18 heavy (non-hydrogen) atoms. The Hall–Kier alpha value is -1.08. The van der Waals surface area contributed by atoms with E-state index in [1.54, 1.807) is 12.1 Å². The number of aromatic nitrogens is 1. The Morgan fingerprint density at radius 1 is 1.56 bits per heavy atom. The monoisotopic (exact) mass is 330 g/mol. The average Bonchev–Trinajstić information content (AvgIpc) is 2.71. The summed E-state index contributed by atoms with van der Waals surface area (Å²) in [5.74, 6) is -0.836. The molecular weight excluding hydrogens is 320 g/mol. The van der Waals surface area contributed by atoms with Crippen LogP contribution < -0.4 is 0 Å². The number of pyridine rings is 1. The van der Waals surface area contributed by atoms with Crippen molar-refractivity contribution in [2.75, 3.05) is 5.75 Å². The first kappa shape index (κ1) is 13.4. The number of thioether (sulfide) groups is 1. The van der Waals surface area contributed by atoms with Crippen molar-refractivity contribution in [3.05, 3.63) is 28.5 Å².